The lowest BCUT2D eigenvalue weighted by molar-refractivity contribution is 0.101. The summed E-state index contributed by atoms with van der Waals surface area (Å²) in [6.07, 6.45) is 0. The van der Waals surface area contributed by atoms with E-state index in [2.05, 4.69) is 25.9 Å². The van der Waals surface area contributed by atoms with E-state index < -0.39 is 5.91 Å². The molecule has 1 amide bonds. The van der Waals surface area contributed by atoms with Crippen molar-refractivity contribution in [2.75, 3.05) is 5.32 Å². The van der Waals surface area contributed by atoms with Crippen molar-refractivity contribution in [3.05, 3.63) is 35.1 Å². The van der Waals surface area contributed by atoms with Gasteiger partial charge in [0.05, 0.1) is 0 Å². The average Bonchev–Trinajstić information content (AvgIpc) is 2.74. The highest BCUT2D eigenvalue weighted by Gasteiger charge is 2.10. The Morgan fingerprint density at radius 3 is 2.67 bits per heavy atom. The van der Waals surface area contributed by atoms with Gasteiger partial charge in [0.1, 0.15) is 0 Å². The van der Waals surface area contributed by atoms with Gasteiger partial charge in [-0.3, -0.25) is 4.79 Å². The lowest BCUT2D eigenvalue weighted by atomic mass is 10.3. The van der Waals surface area contributed by atoms with Crippen molar-refractivity contribution in [1.82, 2.24) is 20.6 Å². The van der Waals surface area contributed by atoms with Crippen LogP contribution in [0, 0.1) is 0 Å². The summed E-state index contributed by atoms with van der Waals surface area (Å²) in [7, 11) is 0. The monoisotopic (exact) mass is 223 g/mol. The molecule has 0 aliphatic rings. The molecule has 2 rings (SSSR count). The normalized spacial score (nSPS) is 9.93. The van der Waals surface area contributed by atoms with Gasteiger partial charge in [-0.2, -0.15) is 5.21 Å². The summed E-state index contributed by atoms with van der Waals surface area (Å²) in [5, 5.41) is 15.8. The number of hydrogen-bond acceptors (Lipinski definition) is 4. The smallest absolute Gasteiger partial charge is 0.297 e. The SMILES string of the molecule is O=C(Nc1ccc(Cl)cc1)c1nn[nH]n1. The summed E-state index contributed by atoms with van der Waals surface area (Å²) in [4.78, 5) is 11.4. The minimum atomic E-state index is -0.425. The number of benzene rings is 1. The summed E-state index contributed by atoms with van der Waals surface area (Å²) >= 11 is 5.70. The van der Waals surface area contributed by atoms with Crippen molar-refractivity contribution < 1.29 is 4.79 Å². The fourth-order valence-electron chi connectivity index (χ4n) is 0.978. The quantitative estimate of drug-likeness (QED) is 0.799. The first-order valence-corrected chi connectivity index (χ1v) is 4.44. The van der Waals surface area contributed by atoms with E-state index in [4.69, 9.17) is 11.6 Å². The molecule has 1 aromatic carbocycles. The fraction of sp³-hybridized carbons (Fsp3) is 0. The van der Waals surface area contributed by atoms with E-state index in [1.54, 1.807) is 24.3 Å². The maximum absolute atomic E-state index is 11.4. The fourth-order valence-corrected chi connectivity index (χ4v) is 1.10. The van der Waals surface area contributed by atoms with Gasteiger partial charge in [-0.25, -0.2) is 0 Å². The van der Waals surface area contributed by atoms with Crippen molar-refractivity contribution in [1.29, 1.82) is 0 Å². The molecular weight excluding hydrogens is 218 g/mol. The van der Waals surface area contributed by atoms with Crippen molar-refractivity contribution in [3.8, 4) is 0 Å². The van der Waals surface area contributed by atoms with Crippen LogP contribution in [-0.2, 0) is 0 Å². The van der Waals surface area contributed by atoms with E-state index in [-0.39, 0.29) is 5.82 Å². The molecule has 0 aliphatic heterocycles. The Hall–Kier alpha value is -1.95. The topological polar surface area (TPSA) is 83.6 Å². The Balaban J connectivity index is 2.09. The van der Waals surface area contributed by atoms with E-state index in [0.717, 1.165) is 0 Å². The number of nitrogens with one attached hydrogen (secondary N) is 2. The second-order valence-electron chi connectivity index (χ2n) is 2.70. The molecule has 0 spiro atoms. The molecular formula is C8H6ClN5O. The van der Waals surface area contributed by atoms with Crippen LogP contribution in [0.5, 0.6) is 0 Å². The Labute approximate surface area is 89.6 Å². The number of H-pyrrole nitrogens is 1. The predicted octanol–water partition coefficient (Wildman–Crippen LogP) is 1.11. The first-order chi connectivity index (χ1) is 7.25. The van der Waals surface area contributed by atoms with Gasteiger partial charge in [0.15, 0.2) is 0 Å². The van der Waals surface area contributed by atoms with Gasteiger partial charge in [-0.05, 0) is 29.5 Å². The van der Waals surface area contributed by atoms with Crippen molar-refractivity contribution in [3.63, 3.8) is 0 Å². The maximum atomic E-state index is 11.4. The Bertz CT molecular complexity index is 452. The predicted molar refractivity (Wildman–Crippen MR) is 53.6 cm³/mol. The van der Waals surface area contributed by atoms with Crippen LogP contribution in [0.1, 0.15) is 10.6 Å². The van der Waals surface area contributed by atoms with Crippen LogP contribution in [0.2, 0.25) is 5.02 Å². The molecule has 1 aromatic heterocycles. The lowest BCUT2D eigenvalue weighted by Crippen LogP contribution is -2.13. The van der Waals surface area contributed by atoms with Gasteiger partial charge < -0.3 is 5.32 Å². The third-order valence-corrected chi connectivity index (χ3v) is 1.90. The first-order valence-electron chi connectivity index (χ1n) is 4.06. The molecule has 0 atom stereocenters. The van der Waals surface area contributed by atoms with Gasteiger partial charge in [0, 0.05) is 10.7 Å². The standard InChI is InChI=1S/C8H6ClN5O/c9-5-1-3-6(4-2-5)10-8(15)7-11-13-14-12-7/h1-4H,(H,10,15)(H,11,12,13,14). The van der Waals surface area contributed by atoms with Crippen molar-refractivity contribution in [2.45, 2.75) is 0 Å². The number of carbonyl (C=O) groups is 1. The molecule has 0 aliphatic carbocycles. The van der Waals surface area contributed by atoms with Gasteiger partial charge in [0.2, 0.25) is 0 Å². The van der Waals surface area contributed by atoms with Crippen LogP contribution in [0.3, 0.4) is 0 Å². The highest BCUT2D eigenvalue weighted by molar-refractivity contribution is 6.30. The zero-order valence-electron chi connectivity index (χ0n) is 7.44. The summed E-state index contributed by atoms with van der Waals surface area (Å²) in [6, 6.07) is 6.71. The van der Waals surface area contributed by atoms with Crippen LogP contribution >= 0.6 is 11.6 Å². The number of carbonyl (C=O) groups excluding carboxylic acids is 1. The maximum Gasteiger partial charge on any atom is 0.297 e. The zero-order valence-corrected chi connectivity index (χ0v) is 8.19. The van der Waals surface area contributed by atoms with E-state index >= 15 is 0 Å². The largest absolute Gasteiger partial charge is 0.319 e. The van der Waals surface area contributed by atoms with Gasteiger partial charge in [-0.1, -0.05) is 11.6 Å². The number of rotatable bonds is 2. The molecule has 0 radical (unpaired) electrons. The lowest BCUT2D eigenvalue weighted by Gasteiger charge is -2.01. The number of hydrogen-bond donors (Lipinski definition) is 2. The third-order valence-electron chi connectivity index (χ3n) is 1.65. The summed E-state index contributed by atoms with van der Waals surface area (Å²) in [5.74, 6) is -0.434. The molecule has 0 unspecified atom stereocenters. The molecule has 76 valence electrons. The van der Waals surface area contributed by atoms with E-state index in [1.165, 1.54) is 0 Å². The molecule has 7 heteroatoms. The van der Waals surface area contributed by atoms with Crippen molar-refractivity contribution in [2.24, 2.45) is 0 Å². The summed E-state index contributed by atoms with van der Waals surface area (Å²) in [6.45, 7) is 0. The minimum Gasteiger partial charge on any atom is -0.319 e. The number of aromatic amines is 1. The second kappa shape index (κ2) is 4.05. The van der Waals surface area contributed by atoms with Gasteiger partial charge in [-0.15, -0.1) is 10.2 Å². The number of tetrazole rings is 1. The number of nitrogens with zero attached hydrogens (tertiary/aromatic N) is 3. The third kappa shape index (κ3) is 2.29. The number of halogens is 1. The molecule has 0 fully saturated rings. The van der Waals surface area contributed by atoms with E-state index in [0.29, 0.717) is 10.7 Å². The highest BCUT2D eigenvalue weighted by Crippen LogP contribution is 2.13. The first kappa shape index (κ1) is 9.60. The van der Waals surface area contributed by atoms with Crippen LogP contribution in [-0.4, -0.2) is 26.5 Å². The number of aromatic nitrogens is 4. The van der Waals surface area contributed by atoms with E-state index in [1.807, 2.05) is 0 Å². The average molecular weight is 224 g/mol. The molecule has 0 bridgehead atoms. The van der Waals surface area contributed by atoms with Crippen LogP contribution in [0.15, 0.2) is 24.3 Å². The minimum absolute atomic E-state index is 0.00931. The second-order valence-corrected chi connectivity index (χ2v) is 3.13. The zero-order chi connectivity index (χ0) is 10.7. The Morgan fingerprint density at radius 1 is 1.33 bits per heavy atom. The molecule has 1 heterocycles. The van der Waals surface area contributed by atoms with Gasteiger partial charge >= 0.3 is 0 Å². The Kier molecular flexibility index (Phi) is 2.59. The number of amides is 1. The Morgan fingerprint density at radius 2 is 2.07 bits per heavy atom. The van der Waals surface area contributed by atoms with E-state index in [9.17, 15) is 4.79 Å². The molecule has 0 saturated heterocycles. The molecule has 6 nitrogen and oxygen atoms in total. The van der Waals surface area contributed by atoms with Crippen LogP contribution in [0.25, 0.3) is 0 Å². The van der Waals surface area contributed by atoms with Crippen LogP contribution in [0.4, 0.5) is 5.69 Å². The molecule has 2 aromatic rings. The summed E-state index contributed by atoms with van der Waals surface area (Å²) < 4.78 is 0. The number of anilines is 1. The summed E-state index contributed by atoms with van der Waals surface area (Å²) in [5.41, 5.74) is 0.620. The van der Waals surface area contributed by atoms with Crippen LogP contribution < -0.4 is 5.32 Å². The molecule has 0 saturated carbocycles. The van der Waals surface area contributed by atoms with Gasteiger partial charge in [0.25, 0.3) is 11.7 Å². The molecule has 2 N–H and O–H groups in total. The highest BCUT2D eigenvalue weighted by atomic mass is 35.5. The molecule has 15 heavy (non-hydrogen) atoms. The van der Waals surface area contributed by atoms with Crippen molar-refractivity contribution >= 4 is 23.2 Å².